The molecule has 1 aromatic carbocycles. The van der Waals surface area contributed by atoms with E-state index in [-0.39, 0.29) is 0 Å². The fourth-order valence-corrected chi connectivity index (χ4v) is 1.45. The number of nitrogens with zero attached hydrogens (tertiary/aromatic N) is 1. The van der Waals surface area contributed by atoms with Crippen molar-refractivity contribution in [1.82, 2.24) is 4.67 Å². The van der Waals surface area contributed by atoms with Crippen LogP contribution in [-0.2, 0) is 6.54 Å². The molecule has 0 aromatic heterocycles. The lowest BCUT2D eigenvalue weighted by Crippen LogP contribution is -2.02. The summed E-state index contributed by atoms with van der Waals surface area (Å²) in [6.07, 6.45) is 0. The second-order valence-corrected chi connectivity index (χ2v) is 4.67. The lowest BCUT2D eigenvalue weighted by molar-refractivity contribution is 0.564. The smallest absolute Gasteiger partial charge is 0.0264 e. The molecule has 0 amide bonds. The Morgan fingerprint density at radius 3 is 2.36 bits per heavy atom. The predicted molar refractivity (Wildman–Crippen MR) is 60.3 cm³/mol. The molecule has 0 aliphatic carbocycles. The SMILES string of the molecule is CN(P)Cc1ccc(I)cc1. The molecule has 0 aliphatic rings. The zero-order chi connectivity index (χ0) is 8.27. The first kappa shape index (κ1) is 9.43. The molecule has 1 unspecified atom stereocenters. The van der Waals surface area contributed by atoms with Crippen LogP contribution in [0.4, 0.5) is 0 Å². The second kappa shape index (κ2) is 4.39. The van der Waals surface area contributed by atoms with Crippen molar-refractivity contribution in [3.63, 3.8) is 0 Å². The summed E-state index contributed by atoms with van der Waals surface area (Å²) >= 11 is 2.31. The van der Waals surface area contributed by atoms with Crippen molar-refractivity contribution in [2.24, 2.45) is 0 Å². The average Bonchev–Trinajstić information content (AvgIpc) is 1.93. The Labute approximate surface area is 83.6 Å². The van der Waals surface area contributed by atoms with Gasteiger partial charge in [0.1, 0.15) is 0 Å². The van der Waals surface area contributed by atoms with E-state index in [2.05, 4.69) is 60.9 Å². The molecule has 1 nitrogen and oxygen atoms in total. The first-order chi connectivity index (χ1) is 5.18. The molecule has 0 spiro atoms. The average molecular weight is 279 g/mol. The minimum atomic E-state index is 0.988. The largest absolute Gasteiger partial charge is 0.286 e. The molecule has 1 aromatic rings. The number of halogens is 1. The molecular formula is C8H11INP. The van der Waals surface area contributed by atoms with Gasteiger partial charge < -0.3 is 0 Å². The van der Waals surface area contributed by atoms with Crippen LogP contribution in [0.3, 0.4) is 0 Å². The van der Waals surface area contributed by atoms with E-state index >= 15 is 0 Å². The molecule has 0 aliphatic heterocycles. The summed E-state index contributed by atoms with van der Waals surface area (Å²) in [4.78, 5) is 0. The zero-order valence-electron chi connectivity index (χ0n) is 6.42. The minimum Gasteiger partial charge on any atom is -0.286 e. The number of benzene rings is 1. The Hall–Kier alpha value is 0.340. The van der Waals surface area contributed by atoms with Crippen LogP contribution in [0.15, 0.2) is 24.3 Å². The van der Waals surface area contributed by atoms with Gasteiger partial charge in [-0.25, -0.2) is 0 Å². The van der Waals surface area contributed by atoms with E-state index < -0.39 is 0 Å². The molecule has 1 atom stereocenters. The van der Waals surface area contributed by atoms with E-state index in [1.165, 1.54) is 9.13 Å². The van der Waals surface area contributed by atoms with Crippen molar-refractivity contribution < 1.29 is 0 Å². The van der Waals surface area contributed by atoms with Crippen LogP contribution in [0.25, 0.3) is 0 Å². The third kappa shape index (κ3) is 3.50. The maximum absolute atomic E-state index is 2.65. The van der Waals surface area contributed by atoms with Crippen LogP contribution in [0.1, 0.15) is 5.56 Å². The van der Waals surface area contributed by atoms with E-state index in [1.807, 2.05) is 7.05 Å². The summed E-state index contributed by atoms with van der Waals surface area (Å²) in [5, 5.41) is 0. The van der Waals surface area contributed by atoms with Gasteiger partial charge >= 0.3 is 0 Å². The van der Waals surface area contributed by atoms with Crippen molar-refractivity contribution in [2.45, 2.75) is 6.54 Å². The highest BCUT2D eigenvalue weighted by Gasteiger charge is 1.93. The standard InChI is InChI=1S/C8H11INP/c1-10(11)6-7-2-4-8(9)5-3-7/h2-5H,6,11H2,1H3. The van der Waals surface area contributed by atoms with E-state index in [1.54, 1.807) is 0 Å². The fraction of sp³-hybridized carbons (Fsp3) is 0.250. The van der Waals surface area contributed by atoms with Gasteiger partial charge in [0.05, 0.1) is 0 Å². The molecule has 1 rings (SSSR count). The van der Waals surface area contributed by atoms with Crippen molar-refractivity contribution in [3.8, 4) is 0 Å². The summed E-state index contributed by atoms with van der Waals surface area (Å²) in [6.45, 7) is 0.988. The van der Waals surface area contributed by atoms with Gasteiger partial charge in [-0.05, 0) is 47.3 Å². The van der Waals surface area contributed by atoms with Crippen LogP contribution >= 0.6 is 32.0 Å². The fourth-order valence-electron chi connectivity index (χ4n) is 0.878. The minimum absolute atomic E-state index is 0.988. The normalized spacial score (nSPS) is 10.5. The highest BCUT2D eigenvalue weighted by molar-refractivity contribution is 14.1. The highest BCUT2D eigenvalue weighted by Crippen LogP contribution is 2.09. The Bertz CT molecular complexity index is 220. The first-order valence-corrected chi connectivity index (χ1v) is 4.98. The van der Waals surface area contributed by atoms with Gasteiger partial charge in [-0.1, -0.05) is 21.5 Å². The van der Waals surface area contributed by atoms with Crippen molar-refractivity contribution in [2.75, 3.05) is 7.05 Å². The van der Waals surface area contributed by atoms with Gasteiger partial charge in [-0.2, -0.15) is 0 Å². The van der Waals surface area contributed by atoms with Crippen molar-refractivity contribution in [1.29, 1.82) is 0 Å². The molecule has 0 N–H and O–H groups in total. The molecular weight excluding hydrogens is 268 g/mol. The monoisotopic (exact) mass is 279 g/mol. The van der Waals surface area contributed by atoms with Crippen molar-refractivity contribution in [3.05, 3.63) is 33.4 Å². The van der Waals surface area contributed by atoms with Crippen LogP contribution in [0.5, 0.6) is 0 Å². The van der Waals surface area contributed by atoms with Crippen LogP contribution in [-0.4, -0.2) is 11.7 Å². The van der Waals surface area contributed by atoms with Gasteiger partial charge in [0.25, 0.3) is 0 Å². The quantitative estimate of drug-likeness (QED) is 0.594. The molecule has 60 valence electrons. The van der Waals surface area contributed by atoms with Gasteiger partial charge in [0.15, 0.2) is 0 Å². The van der Waals surface area contributed by atoms with Gasteiger partial charge in [0.2, 0.25) is 0 Å². The number of hydrogen-bond donors (Lipinski definition) is 0. The summed E-state index contributed by atoms with van der Waals surface area (Å²) in [5.74, 6) is 0. The topological polar surface area (TPSA) is 3.24 Å². The van der Waals surface area contributed by atoms with E-state index in [0.29, 0.717) is 0 Å². The highest BCUT2D eigenvalue weighted by atomic mass is 127. The molecule has 3 heteroatoms. The summed E-state index contributed by atoms with van der Waals surface area (Å²) < 4.78 is 3.38. The molecule has 0 bridgehead atoms. The lowest BCUT2D eigenvalue weighted by atomic mass is 10.2. The van der Waals surface area contributed by atoms with Crippen molar-refractivity contribution >= 4 is 32.0 Å². The van der Waals surface area contributed by atoms with E-state index in [9.17, 15) is 0 Å². The molecule has 0 radical (unpaired) electrons. The van der Waals surface area contributed by atoms with Crippen LogP contribution < -0.4 is 0 Å². The Morgan fingerprint density at radius 2 is 1.91 bits per heavy atom. The second-order valence-electron chi connectivity index (χ2n) is 2.54. The van der Waals surface area contributed by atoms with Crippen LogP contribution in [0.2, 0.25) is 0 Å². The maximum Gasteiger partial charge on any atom is 0.0264 e. The molecule has 0 heterocycles. The number of hydrogen-bond acceptors (Lipinski definition) is 1. The van der Waals surface area contributed by atoms with Gasteiger partial charge in [0, 0.05) is 10.1 Å². The first-order valence-electron chi connectivity index (χ1n) is 3.39. The summed E-state index contributed by atoms with van der Waals surface area (Å²) in [6, 6.07) is 8.57. The third-order valence-electron chi connectivity index (χ3n) is 1.35. The van der Waals surface area contributed by atoms with Gasteiger partial charge in [-0.15, -0.1) is 0 Å². The molecule has 11 heavy (non-hydrogen) atoms. The zero-order valence-corrected chi connectivity index (χ0v) is 9.73. The van der Waals surface area contributed by atoms with Crippen LogP contribution in [0, 0.1) is 3.57 Å². The van der Waals surface area contributed by atoms with E-state index in [4.69, 9.17) is 0 Å². The molecule has 0 saturated carbocycles. The molecule has 0 fully saturated rings. The molecule has 0 saturated heterocycles. The summed E-state index contributed by atoms with van der Waals surface area (Å²) in [7, 11) is 4.69. The third-order valence-corrected chi connectivity index (χ3v) is 2.25. The predicted octanol–water partition coefficient (Wildman–Crippen LogP) is 2.51. The van der Waals surface area contributed by atoms with E-state index in [0.717, 1.165) is 6.54 Å². The Balaban J connectivity index is 2.66. The van der Waals surface area contributed by atoms with Gasteiger partial charge in [-0.3, -0.25) is 4.67 Å². The summed E-state index contributed by atoms with van der Waals surface area (Å²) in [5.41, 5.74) is 1.35. The number of rotatable bonds is 2. The Morgan fingerprint density at radius 1 is 1.36 bits per heavy atom. The lowest BCUT2D eigenvalue weighted by Gasteiger charge is -2.08. The maximum atomic E-state index is 2.65. The Kier molecular flexibility index (Phi) is 3.76.